The van der Waals surface area contributed by atoms with Crippen molar-refractivity contribution in [2.24, 2.45) is 5.92 Å². The summed E-state index contributed by atoms with van der Waals surface area (Å²) in [5.74, 6) is -1.74. The van der Waals surface area contributed by atoms with Crippen LogP contribution in [0.1, 0.15) is 27.9 Å². The lowest BCUT2D eigenvalue weighted by Crippen LogP contribution is -2.28. The smallest absolute Gasteiger partial charge is 0.311 e. The lowest BCUT2D eigenvalue weighted by molar-refractivity contribution is -0.147. The molecule has 28 heavy (non-hydrogen) atoms. The fraction of sp³-hybridized carbons (Fsp3) is 0.286. The normalized spacial score (nSPS) is 16.4. The molecule has 2 aromatic carbocycles. The van der Waals surface area contributed by atoms with Gasteiger partial charge in [-0.1, -0.05) is 35.3 Å². The second-order valence-corrected chi connectivity index (χ2v) is 7.62. The van der Waals surface area contributed by atoms with E-state index < -0.39 is 24.3 Å². The van der Waals surface area contributed by atoms with Crippen LogP contribution in [0, 0.1) is 19.8 Å². The molecule has 7 heteroatoms. The Balaban J connectivity index is 1.63. The van der Waals surface area contributed by atoms with Gasteiger partial charge in [0.15, 0.2) is 6.61 Å². The van der Waals surface area contributed by atoms with E-state index in [2.05, 4.69) is 0 Å². The summed E-state index contributed by atoms with van der Waals surface area (Å²) in [5.41, 5.74) is 3.10. The van der Waals surface area contributed by atoms with E-state index in [9.17, 15) is 14.4 Å². The summed E-state index contributed by atoms with van der Waals surface area (Å²) in [6, 6.07) is 10.2. The minimum absolute atomic E-state index is 0.0576. The number of aryl methyl sites for hydroxylation is 1. The predicted octanol–water partition coefficient (Wildman–Crippen LogP) is 4.39. The van der Waals surface area contributed by atoms with E-state index >= 15 is 0 Å². The molecule has 1 fully saturated rings. The number of hydrogen-bond donors (Lipinski definition) is 0. The summed E-state index contributed by atoms with van der Waals surface area (Å²) in [4.78, 5) is 38.6. The third-order valence-corrected chi connectivity index (χ3v) is 5.45. The van der Waals surface area contributed by atoms with Crippen molar-refractivity contribution in [2.45, 2.75) is 20.3 Å². The molecule has 1 aliphatic rings. The van der Waals surface area contributed by atoms with Crippen molar-refractivity contribution in [2.75, 3.05) is 18.1 Å². The highest BCUT2D eigenvalue weighted by Crippen LogP contribution is 2.30. The van der Waals surface area contributed by atoms with E-state index in [0.717, 1.165) is 16.8 Å². The number of anilines is 1. The van der Waals surface area contributed by atoms with Crippen LogP contribution in [0.5, 0.6) is 0 Å². The summed E-state index contributed by atoms with van der Waals surface area (Å²) in [5, 5.41) is 0.611. The fourth-order valence-corrected chi connectivity index (χ4v) is 3.69. The minimum Gasteiger partial charge on any atom is -0.457 e. The van der Waals surface area contributed by atoms with E-state index in [1.165, 1.54) is 12.1 Å². The second-order valence-electron chi connectivity index (χ2n) is 6.78. The lowest BCUT2D eigenvalue weighted by atomic mass is 10.1. The largest absolute Gasteiger partial charge is 0.457 e. The molecule has 1 atom stereocenters. The summed E-state index contributed by atoms with van der Waals surface area (Å²) >= 11 is 11.8. The number of Topliss-reactive ketones (excluding diaryl/α,β-unsaturated/α-hetero) is 1. The van der Waals surface area contributed by atoms with Gasteiger partial charge in [-0.3, -0.25) is 14.4 Å². The maximum Gasteiger partial charge on any atom is 0.311 e. The Labute approximate surface area is 173 Å². The van der Waals surface area contributed by atoms with Crippen LogP contribution in [0.15, 0.2) is 36.4 Å². The zero-order valence-corrected chi connectivity index (χ0v) is 17.0. The lowest BCUT2D eigenvalue weighted by Gasteiger charge is -2.20. The first-order valence-electron chi connectivity index (χ1n) is 8.79. The summed E-state index contributed by atoms with van der Waals surface area (Å²) < 4.78 is 5.15. The monoisotopic (exact) mass is 419 g/mol. The highest BCUT2D eigenvalue weighted by molar-refractivity contribution is 6.36. The van der Waals surface area contributed by atoms with Crippen LogP contribution < -0.4 is 4.90 Å². The van der Waals surface area contributed by atoms with E-state index in [0.29, 0.717) is 5.02 Å². The zero-order chi connectivity index (χ0) is 20.4. The van der Waals surface area contributed by atoms with Crippen molar-refractivity contribution in [3.8, 4) is 0 Å². The number of amides is 1. The van der Waals surface area contributed by atoms with Gasteiger partial charge in [-0.05, 0) is 49.2 Å². The molecule has 0 aliphatic carbocycles. The Morgan fingerprint density at radius 1 is 1.18 bits per heavy atom. The van der Waals surface area contributed by atoms with E-state index in [4.69, 9.17) is 27.9 Å². The third-order valence-electron chi connectivity index (χ3n) is 4.90. The van der Waals surface area contributed by atoms with Crippen LogP contribution in [-0.2, 0) is 14.3 Å². The Kier molecular flexibility index (Phi) is 6.06. The van der Waals surface area contributed by atoms with Gasteiger partial charge >= 0.3 is 5.97 Å². The first-order valence-corrected chi connectivity index (χ1v) is 9.55. The van der Waals surface area contributed by atoms with Gasteiger partial charge in [0, 0.05) is 29.2 Å². The molecule has 0 N–H and O–H groups in total. The average Bonchev–Trinajstić information content (AvgIpc) is 3.03. The first-order chi connectivity index (χ1) is 13.3. The molecule has 0 saturated carbocycles. The fourth-order valence-electron chi connectivity index (χ4n) is 3.17. The third kappa shape index (κ3) is 4.21. The number of hydrogen-bond acceptors (Lipinski definition) is 4. The Bertz CT molecular complexity index is 957. The number of ether oxygens (including phenoxy) is 1. The number of carbonyl (C=O) groups is 3. The highest BCUT2D eigenvalue weighted by atomic mass is 35.5. The number of halogens is 2. The first kappa shape index (κ1) is 20.4. The molecule has 0 bridgehead atoms. The molecule has 0 aromatic heterocycles. The number of rotatable bonds is 5. The van der Waals surface area contributed by atoms with Crippen LogP contribution >= 0.6 is 23.2 Å². The molecule has 5 nitrogen and oxygen atoms in total. The maximum absolute atomic E-state index is 12.4. The number of nitrogens with zero attached hydrogens (tertiary/aromatic N) is 1. The molecule has 0 radical (unpaired) electrons. The molecule has 1 amide bonds. The van der Waals surface area contributed by atoms with Crippen molar-refractivity contribution < 1.29 is 19.1 Å². The Morgan fingerprint density at radius 3 is 2.64 bits per heavy atom. The Morgan fingerprint density at radius 2 is 1.93 bits per heavy atom. The maximum atomic E-state index is 12.4. The minimum atomic E-state index is -0.610. The summed E-state index contributed by atoms with van der Waals surface area (Å²) in [7, 11) is 0. The summed E-state index contributed by atoms with van der Waals surface area (Å²) in [6.45, 7) is 3.71. The molecule has 1 saturated heterocycles. The van der Waals surface area contributed by atoms with E-state index in [-0.39, 0.29) is 29.5 Å². The van der Waals surface area contributed by atoms with E-state index in [1.807, 2.05) is 32.0 Å². The molecular weight excluding hydrogens is 401 g/mol. The average molecular weight is 420 g/mol. The van der Waals surface area contributed by atoms with Crippen LogP contribution in [0.4, 0.5) is 5.69 Å². The number of ketones is 1. The quantitative estimate of drug-likeness (QED) is 0.532. The molecule has 2 aromatic rings. The van der Waals surface area contributed by atoms with Gasteiger partial charge in [0.1, 0.15) is 0 Å². The van der Waals surface area contributed by atoms with Crippen molar-refractivity contribution in [1.82, 2.24) is 0 Å². The number of esters is 1. The predicted molar refractivity (Wildman–Crippen MR) is 108 cm³/mol. The van der Waals surface area contributed by atoms with Crippen LogP contribution in [0.25, 0.3) is 0 Å². The molecule has 0 spiro atoms. The molecule has 3 rings (SSSR count). The van der Waals surface area contributed by atoms with Gasteiger partial charge in [0.25, 0.3) is 0 Å². The van der Waals surface area contributed by atoms with Gasteiger partial charge in [-0.25, -0.2) is 0 Å². The standard InChI is InChI=1S/C21H19Cl2NO4/c1-12-4-3-5-18(13(12)2)24-10-14(8-20(24)26)21(27)28-11-19(25)16-7-6-15(22)9-17(16)23/h3-7,9,14H,8,10-11H2,1-2H3/t14-/m1/s1. The molecular formula is C21H19Cl2NO4. The highest BCUT2D eigenvalue weighted by Gasteiger charge is 2.37. The number of carbonyl (C=O) groups excluding carboxylic acids is 3. The summed E-state index contributed by atoms with van der Waals surface area (Å²) in [6.07, 6.45) is 0.0576. The van der Waals surface area contributed by atoms with Gasteiger partial charge in [-0.15, -0.1) is 0 Å². The van der Waals surface area contributed by atoms with Gasteiger partial charge in [0.2, 0.25) is 11.7 Å². The second kappa shape index (κ2) is 8.33. The van der Waals surface area contributed by atoms with Crippen LogP contribution in [0.3, 0.4) is 0 Å². The zero-order valence-electron chi connectivity index (χ0n) is 15.5. The van der Waals surface area contributed by atoms with E-state index in [1.54, 1.807) is 11.0 Å². The molecule has 0 unspecified atom stereocenters. The SMILES string of the molecule is Cc1cccc(N2C[C@H](C(=O)OCC(=O)c3ccc(Cl)cc3Cl)CC2=O)c1C. The molecule has 1 heterocycles. The number of benzene rings is 2. The van der Waals surface area contributed by atoms with Crippen molar-refractivity contribution >= 4 is 46.5 Å². The molecule has 1 aliphatic heterocycles. The topological polar surface area (TPSA) is 63.7 Å². The van der Waals surface area contributed by atoms with Crippen molar-refractivity contribution in [3.63, 3.8) is 0 Å². The van der Waals surface area contributed by atoms with Gasteiger partial charge in [0.05, 0.1) is 10.9 Å². The van der Waals surface area contributed by atoms with Gasteiger partial charge < -0.3 is 9.64 Å². The van der Waals surface area contributed by atoms with Crippen LogP contribution in [0.2, 0.25) is 10.0 Å². The molecule has 146 valence electrons. The van der Waals surface area contributed by atoms with Crippen LogP contribution in [-0.4, -0.2) is 30.8 Å². The van der Waals surface area contributed by atoms with Gasteiger partial charge in [-0.2, -0.15) is 0 Å². The van der Waals surface area contributed by atoms with Crippen molar-refractivity contribution in [1.29, 1.82) is 0 Å². The Hall–Kier alpha value is -2.37. The van der Waals surface area contributed by atoms with Crippen molar-refractivity contribution in [3.05, 3.63) is 63.1 Å².